The topological polar surface area (TPSA) is 80.6 Å². The van der Waals surface area contributed by atoms with Crippen molar-refractivity contribution in [3.8, 4) is 0 Å². The summed E-state index contributed by atoms with van der Waals surface area (Å²) in [7, 11) is 0. The molecule has 2 aliphatic rings. The maximum absolute atomic E-state index is 13.2. The van der Waals surface area contributed by atoms with Crippen molar-refractivity contribution in [1.29, 1.82) is 0 Å². The Labute approximate surface area is 208 Å². The SMILES string of the molecule is CC(=O)OCc1nc(N2CCN(c3ccc(F)cc3)CC2)nc(=O)n1CC1=CC=C(C(F)(F)F)SC1. The minimum atomic E-state index is -4.42. The monoisotopic (exact) mass is 525 g/mol. The van der Waals surface area contributed by atoms with Gasteiger partial charge in [-0.25, -0.2) is 9.18 Å². The number of halogens is 4. The van der Waals surface area contributed by atoms with Crippen molar-refractivity contribution in [2.24, 2.45) is 0 Å². The number of rotatable bonds is 6. The average molecular weight is 526 g/mol. The third-order valence-corrected chi connectivity index (χ3v) is 6.84. The Hall–Kier alpha value is -3.35. The highest BCUT2D eigenvalue weighted by molar-refractivity contribution is 8.03. The molecular weight excluding hydrogens is 502 g/mol. The fourth-order valence-corrected chi connectivity index (χ4v) is 4.64. The summed E-state index contributed by atoms with van der Waals surface area (Å²) >= 11 is 0.645. The number of aromatic nitrogens is 3. The maximum atomic E-state index is 13.2. The van der Waals surface area contributed by atoms with E-state index in [2.05, 4.69) is 14.9 Å². The molecule has 1 saturated heterocycles. The molecule has 0 amide bonds. The molecule has 0 bridgehead atoms. The van der Waals surface area contributed by atoms with Crippen LogP contribution in [0.1, 0.15) is 12.7 Å². The van der Waals surface area contributed by atoms with Crippen LogP contribution in [0, 0.1) is 5.82 Å². The molecule has 0 unspecified atom stereocenters. The standard InChI is InChI=1S/C23H23F4N5O3S/c1-15(33)35-13-20-28-21(31-10-8-30(9-11-31)18-5-3-17(24)4-6-18)29-22(34)32(20)12-16-2-7-19(36-14-16)23(25,26)27/h2-7H,8-14H2,1H3. The number of esters is 1. The number of carbonyl (C=O) groups is 1. The van der Waals surface area contributed by atoms with Crippen LogP contribution in [0.15, 0.2) is 51.7 Å². The summed E-state index contributed by atoms with van der Waals surface area (Å²) in [6.07, 6.45) is -2.10. The van der Waals surface area contributed by atoms with Gasteiger partial charge < -0.3 is 14.5 Å². The lowest BCUT2D eigenvalue weighted by Gasteiger charge is -2.36. The molecule has 0 radical (unpaired) electrons. The van der Waals surface area contributed by atoms with Crippen LogP contribution in [0.5, 0.6) is 0 Å². The summed E-state index contributed by atoms with van der Waals surface area (Å²) in [5.41, 5.74) is 0.812. The van der Waals surface area contributed by atoms with Crippen molar-refractivity contribution >= 4 is 29.4 Å². The van der Waals surface area contributed by atoms with Gasteiger partial charge in [-0.3, -0.25) is 9.36 Å². The zero-order valence-electron chi connectivity index (χ0n) is 19.3. The van der Waals surface area contributed by atoms with E-state index in [1.54, 1.807) is 12.1 Å². The van der Waals surface area contributed by atoms with Crippen LogP contribution >= 0.6 is 11.8 Å². The molecule has 8 nitrogen and oxygen atoms in total. The number of hydrogen-bond acceptors (Lipinski definition) is 8. The first kappa shape index (κ1) is 25.7. The van der Waals surface area contributed by atoms with Gasteiger partial charge in [0.05, 0.1) is 11.4 Å². The fourth-order valence-electron chi connectivity index (χ4n) is 3.79. The first-order valence-electron chi connectivity index (χ1n) is 11.1. The normalized spacial score (nSPS) is 16.5. The number of anilines is 2. The molecule has 1 aromatic heterocycles. The number of thioether (sulfide) groups is 1. The Morgan fingerprint density at radius 2 is 1.72 bits per heavy atom. The van der Waals surface area contributed by atoms with Crippen LogP contribution in [0.2, 0.25) is 0 Å². The number of hydrogen-bond donors (Lipinski definition) is 0. The van der Waals surface area contributed by atoms with Gasteiger partial charge in [0.2, 0.25) is 5.95 Å². The lowest BCUT2D eigenvalue weighted by atomic mass is 10.2. The lowest BCUT2D eigenvalue weighted by molar-refractivity contribution is -0.142. The van der Waals surface area contributed by atoms with Gasteiger partial charge in [0.25, 0.3) is 0 Å². The number of ether oxygens (including phenoxy) is 1. The summed E-state index contributed by atoms with van der Waals surface area (Å²) in [6, 6.07) is 6.19. The van der Waals surface area contributed by atoms with Crippen molar-refractivity contribution in [2.45, 2.75) is 26.3 Å². The predicted octanol–water partition coefficient (Wildman–Crippen LogP) is 3.29. The Morgan fingerprint density at radius 1 is 1.06 bits per heavy atom. The molecule has 0 N–H and O–H groups in total. The molecule has 2 aliphatic heterocycles. The van der Waals surface area contributed by atoms with Gasteiger partial charge in [-0.15, -0.1) is 11.8 Å². The van der Waals surface area contributed by atoms with Crippen molar-refractivity contribution in [1.82, 2.24) is 14.5 Å². The minimum Gasteiger partial charge on any atom is -0.458 e. The van der Waals surface area contributed by atoms with Crippen LogP contribution in [0.3, 0.4) is 0 Å². The summed E-state index contributed by atoms with van der Waals surface area (Å²) in [5, 5.41) is 0. The number of nitrogens with zero attached hydrogens (tertiary/aromatic N) is 5. The molecule has 4 rings (SSSR count). The van der Waals surface area contributed by atoms with E-state index >= 15 is 0 Å². The van der Waals surface area contributed by atoms with Gasteiger partial charge in [0.15, 0.2) is 5.82 Å². The number of benzene rings is 1. The van der Waals surface area contributed by atoms with Gasteiger partial charge in [-0.2, -0.15) is 23.1 Å². The van der Waals surface area contributed by atoms with E-state index in [9.17, 15) is 27.2 Å². The van der Waals surface area contributed by atoms with Crippen molar-refractivity contribution in [2.75, 3.05) is 41.7 Å². The molecule has 1 aromatic carbocycles. The van der Waals surface area contributed by atoms with Crippen LogP contribution in [0.25, 0.3) is 0 Å². The zero-order valence-corrected chi connectivity index (χ0v) is 20.1. The first-order chi connectivity index (χ1) is 17.1. The maximum Gasteiger partial charge on any atom is 0.422 e. The molecule has 36 heavy (non-hydrogen) atoms. The highest BCUT2D eigenvalue weighted by atomic mass is 32.2. The Kier molecular flexibility index (Phi) is 7.67. The summed E-state index contributed by atoms with van der Waals surface area (Å²) in [6.45, 7) is 3.11. The van der Waals surface area contributed by atoms with Crippen LogP contribution in [0.4, 0.5) is 29.2 Å². The highest BCUT2D eigenvalue weighted by Gasteiger charge is 2.35. The highest BCUT2D eigenvalue weighted by Crippen LogP contribution is 2.37. The molecule has 0 saturated carbocycles. The number of allylic oxidation sites excluding steroid dienone is 3. The molecule has 2 aromatic rings. The van der Waals surface area contributed by atoms with E-state index in [1.807, 2.05) is 4.90 Å². The zero-order chi connectivity index (χ0) is 25.9. The van der Waals surface area contributed by atoms with Gasteiger partial charge in [0.1, 0.15) is 12.4 Å². The fraction of sp³-hybridized carbons (Fsp3) is 0.391. The summed E-state index contributed by atoms with van der Waals surface area (Å²) in [4.78, 5) is 36.1. The number of alkyl halides is 3. The van der Waals surface area contributed by atoms with E-state index in [0.29, 0.717) is 43.5 Å². The molecule has 3 heterocycles. The number of carbonyl (C=O) groups excluding carboxylic acids is 1. The lowest BCUT2D eigenvalue weighted by Crippen LogP contribution is -2.48. The first-order valence-corrected chi connectivity index (χ1v) is 12.0. The molecule has 0 atom stereocenters. The van der Waals surface area contributed by atoms with E-state index in [4.69, 9.17) is 4.74 Å². The second-order valence-electron chi connectivity index (χ2n) is 8.18. The average Bonchev–Trinajstić information content (AvgIpc) is 2.84. The van der Waals surface area contributed by atoms with Crippen LogP contribution < -0.4 is 15.5 Å². The van der Waals surface area contributed by atoms with Gasteiger partial charge in [-0.1, -0.05) is 6.08 Å². The smallest absolute Gasteiger partial charge is 0.422 e. The van der Waals surface area contributed by atoms with E-state index in [0.717, 1.165) is 11.8 Å². The molecule has 0 spiro atoms. The largest absolute Gasteiger partial charge is 0.458 e. The number of piperazine rings is 1. The van der Waals surface area contributed by atoms with Gasteiger partial charge in [-0.05, 0) is 35.9 Å². The molecule has 1 fully saturated rings. The Bertz CT molecular complexity index is 1240. The molecule has 13 heteroatoms. The van der Waals surface area contributed by atoms with E-state index in [-0.39, 0.29) is 36.5 Å². The Morgan fingerprint density at radius 3 is 2.31 bits per heavy atom. The minimum absolute atomic E-state index is 0.0251. The Balaban J connectivity index is 1.53. The molecular formula is C23H23F4N5O3S. The third kappa shape index (κ3) is 6.25. The van der Waals surface area contributed by atoms with Crippen LogP contribution in [-0.4, -0.2) is 58.6 Å². The van der Waals surface area contributed by atoms with Crippen molar-refractivity contribution in [3.63, 3.8) is 0 Å². The third-order valence-electron chi connectivity index (χ3n) is 5.65. The second kappa shape index (κ2) is 10.7. The molecule has 192 valence electrons. The van der Waals surface area contributed by atoms with Gasteiger partial charge >= 0.3 is 17.8 Å². The summed E-state index contributed by atoms with van der Waals surface area (Å²) in [5.74, 6) is -0.489. The quantitative estimate of drug-likeness (QED) is 0.420. The van der Waals surface area contributed by atoms with Crippen molar-refractivity contribution in [3.05, 3.63) is 69.0 Å². The summed E-state index contributed by atoms with van der Waals surface area (Å²) < 4.78 is 58.2. The predicted molar refractivity (Wildman–Crippen MR) is 127 cm³/mol. The van der Waals surface area contributed by atoms with Gasteiger partial charge in [0, 0.05) is 44.5 Å². The molecule has 0 aliphatic carbocycles. The second-order valence-corrected chi connectivity index (χ2v) is 9.20. The van der Waals surface area contributed by atoms with E-state index < -0.39 is 22.7 Å². The van der Waals surface area contributed by atoms with Crippen molar-refractivity contribution < 1.29 is 27.1 Å². The van der Waals surface area contributed by atoms with Crippen LogP contribution in [-0.2, 0) is 22.7 Å². The van der Waals surface area contributed by atoms with E-state index in [1.165, 1.54) is 29.7 Å².